The van der Waals surface area contributed by atoms with Gasteiger partial charge >= 0.3 is 5.97 Å². The van der Waals surface area contributed by atoms with Gasteiger partial charge in [0, 0.05) is 5.56 Å². The molecule has 0 aliphatic heterocycles. The number of carbonyl (C=O) groups excluding carboxylic acids is 2. The Bertz CT molecular complexity index is 1400. The van der Waals surface area contributed by atoms with Crippen LogP contribution >= 0.6 is 0 Å². The third-order valence-electron chi connectivity index (χ3n) is 6.04. The van der Waals surface area contributed by atoms with E-state index < -0.39 is 23.7 Å². The molecule has 0 bridgehead atoms. The average Bonchev–Trinajstić information content (AvgIpc) is 2.93. The lowest BCUT2D eigenvalue weighted by molar-refractivity contribution is -0.141. The number of amides is 1. The first kappa shape index (κ1) is 25.4. The van der Waals surface area contributed by atoms with Gasteiger partial charge in [0.25, 0.3) is 5.91 Å². The molecular weight excluding hydrogens is 473 g/mol. The van der Waals surface area contributed by atoms with Crippen molar-refractivity contribution < 1.29 is 28.6 Å². The lowest BCUT2D eigenvalue weighted by Gasteiger charge is -2.19. The second kappa shape index (κ2) is 11.4. The fraction of sp³-hybridized carbons (Fsp3) is 0.133. The first-order valence-corrected chi connectivity index (χ1v) is 11.6. The van der Waals surface area contributed by atoms with Gasteiger partial charge in [0.15, 0.2) is 0 Å². The Morgan fingerprint density at radius 1 is 0.865 bits per heavy atom. The zero-order valence-corrected chi connectivity index (χ0v) is 20.4. The van der Waals surface area contributed by atoms with Crippen molar-refractivity contribution in [1.29, 1.82) is 0 Å². The maximum absolute atomic E-state index is 13.9. The minimum atomic E-state index is -0.712. The minimum Gasteiger partial charge on any atom is -0.507 e. The van der Waals surface area contributed by atoms with Gasteiger partial charge in [-0.15, -0.1) is 0 Å². The summed E-state index contributed by atoms with van der Waals surface area (Å²) in [5, 5.41) is 13.3. The van der Waals surface area contributed by atoms with Crippen molar-refractivity contribution in [3.63, 3.8) is 0 Å². The third-order valence-corrected chi connectivity index (χ3v) is 6.04. The van der Waals surface area contributed by atoms with Crippen LogP contribution in [-0.2, 0) is 9.53 Å². The highest BCUT2D eigenvalue weighted by atomic mass is 19.1. The summed E-state index contributed by atoms with van der Waals surface area (Å²) in [4.78, 5) is 25.4. The summed E-state index contributed by atoms with van der Waals surface area (Å²) >= 11 is 0. The summed E-state index contributed by atoms with van der Waals surface area (Å²) < 4.78 is 24.1. The number of ether oxygens (including phenoxy) is 2. The van der Waals surface area contributed by atoms with Crippen LogP contribution < -0.4 is 10.1 Å². The highest BCUT2D eigenvalue weighted by Crippen LogP contribution is 2.34. The topological polar surface area (TPSA) is 84.9 Å². The van der Waals surface area contributed by atoms with E-state index in [2.05, 4.69) is 5.32 Å². The smallest absolute Gasteiger partial charge is 0.307 e. The van der Waals surface area contributed by atoms with Crippen molar-refractivity contribution in [3.05, 3.63) is 108 Å². The average molecular weight is 500 g/mol. The van der Waals surface area contributed by atoms with Gasteiger partial charge in [0.05, 0.1) is 32.2 Å². The number of benzene rings is 4. The van der Waals surface area contributed by atoms with Crippen molar-refractivity contribution in [2.45, 2.75) is 12.5 Å². The van der Waals surface area contributed by atoms with E-state index >= 15 is 0 Å². The van der Waals surface area contributed by atoms with E-state index in [4.69, 9.17) is 9.47 Å². The van der Waals surface area contributed by atoms with E-state index in [1.807, 2.05) is 54.6 Å². The number of methoxy groups -OCH3 is 2. The van der Waals surface area contributed by atoms with Crippen molar-refractivity contribution in [1.82, 2.24) is 5.32 Å². The van der Waals surface area contributed by atoms with Gasteiger partial charge in [-0.2, -0.15) is 0 Å². The second-order valence-electron chi connectivity index (χ2n) is 8.37. The SMILES string of the molecule is COC(=O)CC(NC(=O)c1cc(-c2cc(F)ccc2OC)ccc1O)c1ccc(-c2ccccc2)cc1. The maximum atomic E-state index is 13.9. The molecule has 4 aromatic rings. The summed E-state index contributed by atoms with van der Waals surface area (Å²) in [6.45, 7) is 0. The number of hydrogen-bond donors (Lipinski definition) is 2. The molecule has 0 radical (unpaired) electrons. The Labute approximate surface area is 214 Å². The number of rotatable bonds is 8. The molecule has 4 aromatic carbocycles. The Hall–Kier alpha value is -4.65. The number of phenolic OH excluding ortho intramolecular Hbond substituents is 1. The highest BCUT2D eigenvalue weighted by molar-refractivity contribution is 5.98. The second-order valence-corrected chi connectivity index (χ2v) is 8.37. The van der Waals surface area contributed by atoms with E-state index in [1.54, 1.807) is 6.07 Å². The van der Waals surface area contributed by atoms with Gasteiger partial charge in [0.2, 0.25) is 0 Å². The van der Waals surface area contributed by atoms with Gasteiger partial charge in [0.1, 0.15) is 17.3 Å². The van der Waals surface area contributed by atoms with Gasteiger partial charge in [-0.25, -0.2) is 4.39 Å². The Morgan fingerprint density at radius 3 is 2.22 bits per heavy atom. The molecule has 7 heteroatoms. The largest absolute Gasteiger partial charge is 0.507 e. The predicted octanol–water partition coefficient (Wildman–Crippen LogP) is 5.91. The minimum absolute atomic E-state index is 0.0282. The van der Waals surface area contributed by atoms with Gasteiger partial charge in [-0.05, 0) is 52.6 Å². The zero-order chi connectivity index (χ0) is 26.4. The molecule has 6 nitrogen and oxygen atoms in total. The summed E-state index contributed by atoms with van der Waals surface area (Å²) in [5.74, 6) is -1.41. The van der Waals surface area contributed by atoms with E-state index in [0.29, 0.717) is 22.4 Å². The zero-order valence-electron chi connectivity index (χ0n) is 20.4. The van der Waals surface area contributed by atoms with Crippen LogP contribution in [0.25, 0.3) is 22.3 Å². The van der Waals surface area contributed by atoms with Crippen LogP contribution in [0.5, 0.6) is 11.5 Å². The lowest BCUT2D eigenvalue weighted by Crippen LogP contribution is -2.30. The normalized spacial score (nSPS) is 11.4. The van der Waals surface area contributed by atoms with Crippen LogP contribution in [0.1, 0.15) is 28.4 Å². The van der Waals surface area contributed by atoms with Crippen molar-refractivity contribution in [2.75, 3.05) is 14.2 Å². The Balaban J connectivity index is 1.64. The van der Waals surface area contributed by atoms with Crippen LogP contribution in [0.2, 0.25) is 0 Å². The molecule has 1 unspecified atom stereocenters. The van der Waals surface area contributed by atoms with Gasteiger partial charge in [-0.3, -0.25) is 9.59 Å². The Morgan fingerprint density at radius 2 is 1.54 bits per heavy atom. The fourth-order valence-corrected chi connectivity index (χ4v) is 4.07. The molecular formula is C30H26FNO5. The van der Waals surface area contributed by atoms with Crippen LogP contribution in [-0.4, -0.2) is 31.2 Å². The van der Waals surface area contributed by atoms with E-state index in [-0.39, 0.29) is 17.7 Å². The first-order valence-electron chi connectivity index (χ1n) is 11.6. The molecule has 0 spiro atoms. The monoisotopic (exact) mass is 499 g/mol. The molecule has 1 amide bonds. The quantitative estimate of drug-likeness (QED) is 0.295. The van der Waals surface area contributed by atoms with E-state index in [9.17, 15) is 19.1 Å². The lowest BCUT2D eigenvalue weighted by atomic mass is 9.98. The molecule has 1 atom stereocenters. The number of esters is 1. The van der Waals surface area contributed by atoms with E-state index in [0.717, 1.165) is 11.1 Å². The molecule has 0 heterocycles. The fourth-order valence-electron chi connectivity index (χ4n) is 4.07. The summed E-state index contributed by atoms with van der Waals surface area (Å²) in [6.07, 6.45) is -0.106. The number of nitrogens with one attached hydrogen (secondary N) is 1. The first-order chi connectivity index (χ1) is 17.9. The molecule has 37 heavy (non-hydrogen) atoms. The van der Waals surface area contributed by atoms with Crippen LogP contribution in [0, 0.1) is 5.82 Å². The highest BCUT2D eigenvalue weighted by Gasteiger charge is 2.22. The molecule has 188 valence electrons. The van der Waals surface area contributed by atoms with Gasteiger partial charge < -0.3 is 19.9 Å². The molecule has 0 fully saturated rings. The van der Waals surface area contributed by atoms with Crippen LogP contribution in [0.3, 0.4) is 0 Å². The van der Waals surface area contributed by atoms with Crippen molar-refractivity contribution in [3.8, 4) is 33.8 Å². The predicted molar refractivity (Wildman–Crippen MR) is 139 cm³/mol. The number of carbonyl (C=O) groups is 2. The molecule has 2 N–H and O–H groups in total. The summed E-state index contributed by atoms with van der Waals surface area (Å²) in [7, 11) is 2.74. The summed E-state index contributed by atoms with van der Waals surface area (Å²) in [6, 6.07) is 25.0. The number of aromatic hydroxyl groups is 1. The third kappa shape index (κ3) is 5.95. The maximum Gasteiger partial charge on any atom is 0.307 e. The molecule has 0 saturated heterocycles. The molecule has 0 aliphatic carbocycles. The number of phenols is 1. The van der Waals surface area contributed by atoms with E-state index in [1.165, 1.54) is 44.6 Å². The Kier molecular flexibility index (Phi) is 7.83. The number of halogens is 1. The molecule has 0 aromatic heterocycles. The van der Waals surface area contributed by atoms with Gasteiger partial charge in [-0.1, -0.05) is 60.7 Å². The molecule has 0 aliphatic rings. The molecule has 4 rings (SSSR count). The van der Waals surface area contributed by atoms with Crippen molar-refractivity contribution in [2.24, 2.45) is 0 Å². The van der Waals surface area contributed by atoms with Crippen molar-refractivity contribution >= 4 is 11.9 Å². The van der Waals surface area contributed by atoms with Crippen LogP contribution in [0.15, 0.2) is 91.0 Å². The standard InChI is InChI=1S/C30H26FNO5/c1-36-28-15-13-23(31)17-24(28)22-12-14-27(33)25(16-22)30(35)32-26(18-29(34)37-2)21-10-8-20(9-11-21)19-6-4-3-5-7-19/h3-17,26,33H,18H2,1-2H3,(H,32,35). The molecule has 0 saturated carbocycles. The number of hydrogen-bond acceptors (Lipinski definition) is 5. The summed E-state index contributed by atoms with van der Waals surface area (Å²) in [5.41, 5.74) is 3.61. The van der Waals surface area contributed by atoms with Crippen LogP contribution in [0.4, 0.5) is 4.39 Å².